The van der Waals surface area contributed by atoms with E-state index < -0.39 is 0 Å². The SMILES string of the molecule is CC(c1ncn[nH]1)N1C(=O)C2CCCC2C1=O. The second kappa shape index (κ2) is 3.65. The van der Waals surface area contributed by atoms with Gasteiger partial charge in [0.2, 0.25) is 11.8 Å². The minimum absolute atomic E-state index is 0.0404. The maximum Gasteiger partial charge on any atom is 0.233 e. The van der Waals surface area contributed by atoms with E-state index in [0.29, 0.717) is 5.82 Å². The van der Waals surface area contributed by atoms with Gasteiger partial charge in [-0.05, 0) is 19.8 Å². The summed E-state index contributed by atoms with van der Waals surface area (Å²) >= 11 is 0. The Hall–Kier alpha value is -1.72. The number of nitrogens with one attached hydrogen (secondary N) is 1. The number of hydrogen-bond acceptors (Lipinski definition) is 4. The Balaban J connectivity index is 1.89. The van der Waals surface area contributed by atoms with Gasteiger partial charge >= 0.3 is 0 Å². The van der Waals surface area contributed by atoms with Crippen LogP contribution in [0.2, 0.25) is 0 Å². The Kier molecular flexibility index (Phi) is 2.24. The van der Waals surface area contributed by atoms with Gasteiger partial charge in [-0.3, -0.25) is 19.6 Å². The summed E-state index contributed by atoms with van der Waals surface area (Å²) in [5.41, 5.74) is 0. The summed E-state index contributed by atoms with van der Waals surface area (Å²) in [6.07, 6.45) is 4.05. The molecule has 3 unspecified atom stereocenters. The van der Waals surface area contributed by atoms with Gasteiger partial charge in [0.05, 0.1) is 17.9 Å². The Morgan fingerprint density at radius 1 is 1.35 bits per heavy atom. The van der Waals surface area contributed by atoms with Crippen LogP contribution in [0.1, 0.15) is 38.1 Å². The van der Waals surface area contributed by atoms with Gasteiger partial charge in [-0.1, -0.05) is 6.42 Å². The molecule has 2 aliphatic rings. The summed E-state index contributed by atoms with van der Waals surface area (Å²) < 4.78 is 0. The van der Waals surface area contributed by atoms with Crippen molar-refractivity contribution in [3.63, 3.8) is 0 Å². The fourth-order valence-electron chi connectivity index (χ4n) is 2.94. The third kappa shape index (κ3) is 1.40. The van der Waals surface area contributed by atoms with Crippen LogP contribution in [0.5, 0.6) is 0 Å². The molecule has 0 radical (unpaired) electrons. The average molecular weight is 234 g/mol. The third-order valence-electron chi connectivity index (χ3n) is 3.84. The Morgan fingerprint density at radius 2 is 2.00 bits per heavy atom. The molecule has 90 valence electrons. The molecule has 2 fully saturated rings. The first-order chi connectivity index (χ1) is 8.20. The number of carbonyl (C=O) groups excluding carboxylic acids is 2. The molecule has 2 amide bonds. The highest BCUT2D eigenvalue weighted by atomic mass is 16.2. The molecule has 1 aromatic rings. The van der Waals surface area contributed by atoms with E-state index in [-0.39, 0.29) is 29.7 Å². The zero-order valence-electron chi connectivity index (χ0n) is 9.59. The number of rotatable bonds is 2. The zero-order chi connectivity index (χ0) is 12.0. The minimum atomic E-state index is -0.344. The Labute approximate surface area is 98.4 Å². The van der Waals surface area contributed by atoms with E-state index in [1.807, 2.05) is 0 Å². The van der Waals surface area contributed by atoms with Gasteiger partial charge in [0, 0.05) is 0 Å². The molecule has 3 atom stereocenters. The highest BCUT2D eigenvalue weighted by molar-refractivity contribution is 6.05. The number of imide groups is 1. The summed E-state index contributed by atoms with van der Waals surface area (Å²) in [4.78, 5) is 29.7. The highest BCUT2D eigenvalue weighted by Crippen LogP contribution is 2.42. The monoisotopic (exact) mass is 234 g/mol. The second-order valence-electron chi connectivity index (χ2n) is 4.74. The second-order valence-corrected chi connectivity index (χ2v) is 4.74. The number of aromatic nitrogens is 3. The van der Waals surface area contributed by atoms with E-state index in [1.54, 1.807) is 6.92 Å². The number of carbonyl (C=O) groups is 2. The molecular formula is C11H14N4O2. The fourth-order valence-corrected chi connectivity index (χ4v) is 2.94. The van der Waals surface area contributed by atoms with Gasteiger partial charge in [-0.25, -0.2) is 4.98 Å². The first kappa shape index (κ1) is 10.4. The maximum absolute atomic E-state index is 12.2. The average Bonchev–Trinajstić information content (AvgIpc) is 3.02. The van der Waals surface area contributed by atoms with E-state index in [2.05, 4.69) is 15.2 Å². The number of likely N-dealkylation sites (tertiary alicyclic amines) is 1. The summed E-state index contributed by atoms with van der Waals surface area (Å²) in [5.74, 6) is 0.301. The lowest BCUT2D eigenvalue weighted by Gasteiger charge is -2.21. The third-order valence-corrected chi connectivity index (χ3v) is 3.84. The number of amides is 2. The first-order valence-electron chi connectivity index (χ1n) is 5.92. The number of nitrogens with zero attached hydrogens (tertiary/aromatic N) is 3. The molecule has 6 heteroatoms. The van der Waals surface area contributed by atoms with Gasteiger partial charge in [0.1, 0.15) is 12.2 Å². The molecule has 1 saturated carbocycles. The largest absolute Gasteiger partial charge is 0.274 e. The molecule has 6 nitrogen and oxygen atoms in total. The van der Waals surface area contributed by atoms with Crippen molar-refractivity contribution in [3.8, 4) is 0 Å². The van der Waals surface area contributed by atoms with Gasteiger partial charge < -0.3 is 0 Å². The molecule has 1 aliphatic carbocycles. The van der Waals surface area contributed by atoms with Crippen molar-refractivity contribution in [2.45, 2.75) is 32.2 Å². The Morgan fingerprint density at radius 3 is 2.53 bits per heavy atom. The maximum atomic E-state index is 12.2. The predicted molar refractivity (Wildman–Crippen MR) is 57.5 cm³/mol. The zero-order valence-corrected chi connectivity index (χ0v) is 9.59. The van der Waals surface area contributed by atoms with Crippen LogP contribution in [0.4, 0.5) is 0 Å². The lowest BCUT2D eigenvalue weighted by atomic mass is 10.00. The van der Waals surface area contributed by atoms with Crippen LogP contribution in [0.3, 0.4) is 0 Å². The first-order valence-corrected chi connectivity index (χ1v) is 5.92. The standard InChI is InChI=1S/C11H14N4O2/c1-6(9-12-5-13-14-9)15-10(16)7-3-2-4-8(7)11(15)17/h5-8H,2-4H2,1H3,(H,12,13,14). The molecule has 0 bridgehead atoms. The van der Waals surface area contributed by atoms with Crippen molar-refractivity contribution in [2.75, 3.05) is 0 Å². The van der Waals surface area contributed by atoms with Gasteiger partial charge in [0.25, 0.3) is 0 Å². The molecular weight excluding hydrogens is 220 g/mol. The van der Waals surface area contributed by atoms with E-state index in [1.165, 1.54) is 11.2 Å². The number of aromatic amines is 1. The van der Waals surface area contributed by atoms with E-state index in [9.17, 15) is 9.59 Å². The van der Waals surface area contributed by atoms with Crippen molar-refractivity contribution in [1.29, 1.82) is 0 Å². The molecule has 0 spiro atoms. The summed E-state index contributed by atoms with van der Waals surface area (Å²) in [6, 6.07) is -0.344. The van der Waals surface area contributed by atoms with E-state index in [0.717, 1.165) is 19.3 Å². The van der Waals surface area contributed by atoms with Crippen LogP contribution in [0.25, 0.3) is 0 Å². The number of H-pyrrole nitrogens is 1. The van der Waals surface area contributed by atoms with Gasteiger partial charge in [-0.15, -0.1) is 0 Å². The number of fused-ring (bicyclic) bond motifs is 1. The van der Waals surface area contributed by atoms with Crippen LogP contribution in [-0.2, 0) is 9.59 Å². The van der Waals surface area contributed by atoms with Crippen molar-refractivity contribution >= 4 is 11.8 Å². The smallest absolute Gasteiger partial charge is 0.233 e. The van der Waals surface area contributed by atoms with Crippen LogP contribution in [0.15, 0.2) is 6.33 Å². The van der Waals surface area contributed by atoms with Gasteiger partial charge in [0.15, 0.2) is 0 Å². The summed E-state index contributed by atoms with van der Waals surface area (Å²) in [7, 11) is 0. The summed E-state index contributed by atoms with van der Waals surface area (Å²) in [6.45, 7) is 1.80. The molecule has 1 saturated heterocycles. The Bertz CT molecular complexity index is 434. The van der Waals surface area contributed by atoms with Crippen LogP contribution >= 0.6 is 0 Å². The highest BCUT2D eigenvalue weighted by Gasteiger charge is 2.51. The minimum Gasteiger partial charge on any atom is -0.274 e. The summed E-state index contributed by atoms with van der Waals surface area (Å²) in [5, 5.41) is 6.46. The van der Waals surface area contributed by atoms with Crippen molar-refractivity contribution in [2.24, 2.45) is 11.8 Å². The van der Waals surface area contributed by atoms with E-state index >= 15 is 0 Å². The molecule has 3 rings (SSSR count). The van der Waals surface area contributed by atoms with Gasteiger partial charge in [-0.2, -0.15) is 5.10 Å². The van der Waals surface area contributed by atoms with Crippen molar-refractivity contribution in [3.05, 3.63) is 12.2 Å². The van der Waals surface area contributed by atoms with Crippen molar-refractivity contribution < 1.29 is 9.59 Å². The lowest BCUT2D eigenvalue weighted by Crippen LogP contribution is -2.34. The predicted octanol–water partition coefficient (Wildman–Crippen LogP) is 0.651. The molecule has 1 N–H and O–H groups in total. The topological polar surface area (TPSA) is 79.0 Å². The lowest BCUT2D eigenvalue weighted by molar-refractivity contribution is -0.143. The van der Waals surface area contributed by atoms with E-state index in [4.69, 9.17) is 0 Å². The number of hydrogen-bond donors (Lipinski definition) is 1. The van der Waals surface area contributed by atoms with Crippen LogP contribution < -0.4 is 0 Å². The fraction of sp³-hybridized carbons (Fsp3) is 0.636. The normalized spacial score (nSPS) is 29.8. The quantitative estimate of drug-likeness (QED) is 0.762. The molecule has 0 aromatic carbocycles. The molecule has 2 heterocycles. The van der Waals surface area contributed by atoms with Crippen molar-refractivity contribution in [1.82, 2.24) is 20.1 Å². The molecule has 1 aliphatic heterocycles. The van der Waals surface area contributed by atoms with Crippen LogP contribution in [0, 0.1) is 11.8 Å². The van der Waals surface area contributed by atoms with Crippen LogP contribution in [-0.4, -0.2) is 31.9 Å². The molecule has 17 heavy (non-hydrogen) atoms. The molecule has 1 aromatic heterocycles.